The van der Waals surface area contributed by atoms with Crippen LogP contribution in [0, 0.1) is 17.5 Å². The third-order valence-electron chi connectivity index (χ3n) is 2.17. The molecule has 0 saturated heterocycles. The van der Waals surface area contributed by atoms with E-state index in [0.29, 0.717) is 18.6 Å². The Bertz CT molecular complexity index is 513. The minimum absolute atomic E-state index is 0.0188. The zero-order valence-electron chi connectivity index (χ0n) is 9.38. The lowest BCUT2D eigenvalue weighted by atomic mass is 10.3. The summed E-state index contributed by atoms with van der Waals surface area (Å²) >= 11 is 3.18. The second-order valence-electron chi connectivity index (χ2n) is 3.56. The lowest BCUT2D eigenvalue weighted by Gasteiger charge is -2.11. The first-order valence-corrected chi connectivity index (χ1v) is 7.46. The van der Waals surface area contributed by atoms with Crippen molar-refractivity contribution in [3.8, 4) is 0 Å². The maximum Gasteiger partial charge on any atom is 0.246 e. The van der Waals surface area contributed by atoms with E-state index in [-0.39, 0.29) is 11.4 Å². The molecule has 1 aromatic carbocycles. The van der Waals surface area contributed by atoms with Gasteiger partial charge in [0.25, 0.3) is 0 Å². The number of hydrogen-bond donors (Lipinski definition) is 1. The number of hydrogen-bond acceptors (Lipinski definition) is 2. The molecule has 8 heteroatoms. The second kappa shape index (κ2) is 6.03. The average molecular weight is 346 g/mol. The fourth-order valence-electron chi connectivity index (χ4n) is 1.20. The predicted molar refractivity (Wildman–Crippen MR) is 64.5 cm³/mol. The van der Waals surface area contributed by atoms with Crippen LogP contribution in [0.2, 0.25) is 0 Å². The zero-order valence-corrected chi connectivity index (χ0v) is 11.8. The highest BCUT2D eigenvalue weighted by atomic mass is 79.9. The number of alkyl halides is 1. The molecule has 0 aromatic heterocycles. The lowest BCUT2D eigenvalue weighted by molar-refractivity contribution is 0.493. The van der Waals surface area contributed by atoms with Gasteiger partial charge < -0.3 is 0 Å². The van der Waals surface area contributed by atoms with Gasteiger partial charge in [0.05, 0.1) is 0 Å². The van der Waals surface area contributed by atoms with Crippen LogP contribution < -0.4 is 4.72 Å². The molecule has 1 atom stereocenters. The van der Waals surface area contributed by atoms with Crippen LogP contribution in [-0.4, -0.2) is 19.8 Å². The maximum atomic E-state index is 13.3. The predicted octanol–water partition coefficient (Wildman–Crippen LogP) is 2.56. The van der Waals surface area contributed by atoms with E-state index in [4.69, 9.17) is 0 Å². The fraction of sp³-hybridized carbons (Fsp3) is 0.400. The van der Waals surface area contributed by atoms with Gasteiger partial charge in [-0.15, -0.1) is 0 Å². The Balaban J connectivity index is 3.06. The number of sulfonamides is 1. The summed E-state index contributed by atoms with van der Waals surface area (Å²) in [4.78, 5) is -1.32. The van der Waals surface area contributed by atoms with Crippen molar-refractivity contribution in [1.82, 2.24) is 4.72 Å². The minimum Gasteiger partial charge on any atom is -0.210 e. The van der Waals surface area contributed by atoms with Crippen LogP contribution in [0.15, 0.2) is 17.0 Å². The Morgan fingerprint density at radius 3 is 2.22 bits per heavy atom. The molecule has 1 N–H and O–H groups in total. The van der Waals surface area contributed by atoms with E-state index < -0.39 is 32.4 Å². The van der Waals surface area contributed by atoms with Crippen molar-refractivity contribution in [2.75, 3.05) is 6.54 Å². The van der Waals surface area contributed by atoms with E-state index in [1.165, 1.54) is 0 Å². The quantitative estimate of drug-likeness (QED) is 0.833. The van der Waals surface area contributed by atoms with Gasteiger partial charge in [0.15, 0.2) is 4.90 Å². The molecule has 0 heterocycles. The van der Waals surface area contributed by atoms with Gasteiger partial charge >= 0.3 is 0 Å². The molecule has 0 radical (unpaired) electrons. The Morgan fingerprint density at radius 2 is 1.78 bits per heavy atom. The molecule has 1 rings (SSSR count). The van der Waals surface area contributed by atoms with Crippen LogP contribution in [0.3, 0.4) is 0 Å². The molecule has 18 heavy (non-hydrogen) atoms. The summed E-state index contributed by atoms with van der Waals surface area (Å²) in [5, 5.41) is 0. The molecule has 0 aliphatic carbocycles. The van der Waals surface area contributed by atoms with Crippen LogP contribution in [0.1, 0.15) is 13.3 Å². The van der Waals surface area contributed by atoms with Crippen LogP contribution in [0.25, 0.3) is 0 Å². The van der Waals surface area contributed by atoms with Crippen LogP contribution in [0.4, 0.5) is 13.2 Å². The van der Waals surface area contributed by atoms with E-state index in [1.54, 1.807) is 0 Å². The molecule has 0 bridgehead atoms. The monoisotopic (exact) mass is 345 g/mol. The average Bonchev–Trinajstić information content (AvgIpc) is 2.24. The summed E-state index contributed by atoms with van der Waals surface area (Å²) in [7, 11) is -4.34. The highest BCUT2D eigenvalue weighted by Crippen LogP contribution is 2.20. The van der Waals surface area contributed by atoms with Crippen molar-refractivity contribution < 1.29 is 21.6 Å². The van der Waals surface area contributed by atoms with Crippen LogP contribution >= 0.6 is 15.9 Å². The maximum absolute atomic E-state index is 13.3. The summed E-state index contributed by atoms with van der Waals surface area (Å²) in [6.45, 7) is 1.79. The normalized spacial score (nSPS) is 13.6. The van der Waals surface area contributed by atoms with Crippen molar-refractivity contribution in [3.63, 3.8) is 0 Å². The van der Waals surface area contributed by atoms with Crippen molar-refractivity contribution in [3.05, 3.63) is 29.6 Å². The third-order valence-corrected chi connectivity index (χ3v) is 4.61. The van der Waals surface area contributed by atoms with Gasteiger partial charge in [0.1, 0.15) is 17.5 Å². The molecule has 0 amide bonds. The molecule has 0 aliphatic rings. The minimum atomic E-state index is -4.34. The lowest BCUT2D eigenvalue weighted by Crippen LogP contribution is -2.30. The van der Waals surface area contributed by atoms with E-state index in [9.17, 15) is 21.6 Å². The highest BCUT2D eigenvalue weighted by Gasteiger charge is 2.25. The Labute approximate surface area is 112 Å². The summed E-state index contributed by atoms with van der Waals surface area (Å²) in [5.74, 6) is -4.08. The largest absolute Gasteiger partial charge is 0.246 e. The molecule has 1 unspecified atom stereocenters. The van der Waals surface area contributed by atoms with Gasteiger partial charge in [-0.25, -0.2) is 26.3 Å². The first-order valence-electron chi connectivity index (χ1n) is 5.06. The number of benzene rings is 1. The van der Waals surface area contributed by atoms with Gasteiger partial charge in [-0.2, -0.15) is 0 Å². The first-order chi connectivity index (χ1) is 8.27. The third kappa shape index (κ3) is 3.69. The van der Waals surface area contributed by atoms with Crippen LogP contribution in [0.5, 0.6) is 0 Å². The molecular formula is C10H11BrF3NO2S. The Kier molecular flexibility index (Phi) is 5.18. The summed E-state index contributed by atoms with van der Waals surface area (Å²) in [6, 6.07) is 0.645. The van der Waals surface area contributed by atoms with Gasteiger partial charge in [0, 0.05) is 23.5 Å². The number of nitrogens with one attached hydrogen (secondary N) is 1. The molecule has 0 aliphatic heterocycles. The summed E-state index contributed by atoms with van der Waals surface area (Å²) < 4.78 is 64.7. The van der Waals surface area contributed by atoms with E-state index in [0.717, 1.165) is 0 Å². The second-order valence-corrected chi connectivity index (χ2v) is 6.55. The van der Waals surface area contributed by atoms with Crippen molar-refractivity contribution in [1.29, 1.82) is 0 Å². The Hall–Kier alpha value is -0.600. The molecule has 1 aromatic rings. The topological polar surface area (TPSA) is 46.2 Å². The molecule has 3 nitrogen and oxygen atoms in total. The van der Waals surface area contributed by atoms with Gasteiger partial charge in [-0.1, -0.05) is 22.9 Å². The van der Waals surface area contributed by atoms with Crippen molar-refractivity contribution >= 4 is 26.0 Å². The van der Waals surface area contributed by atoms with Crippen molar-refractivity contribution in [2.24, 2.45) is 0 Å². The van der Waals surface area contributed by atoms with Gasteiger partial charge in [0.2, 0.25) is 10.0 Å². The first kappa shape index (κ1) is 15.5. The van der Waals surface area contributed by atoms with E-state index in [2.05, 4.69) is 20.7 Å². The molecule has 0 saturated carbocycles. The smallest absolute Gasteiger partial charge is 0.210 e. The standard InChI is InChI=1S/C10H11BrF3NO2S/c1-2-6(11)5-15-18(16,17)10-8(13)3-7(12)4-9(10)14/h3-4,6,15H,2,5H2,1H3. The van der Waals surface area contributed by atoms with Gasteiger partial charge in [-0.05, 0) is 6.42 Å². The molecule has 102 valence electrons. The Morgan fingerprint density at radius 1 is 1.28 bits per heavy atom. The molecule has 0 fully saturated rings. The molecule has 0 spiro atoms. The van der Waals surface area contributed by atoms with Crippen molar-refractivity contribution in [2.45, 2.75) is 23.1 Å². The zero-order chi connectivity index (χ0) is 13.9. The summed E-state index contributed by atoms with van der Waals surface area (Å²) in [5.41, 5.74) is 0. The SMILES string of the molecule is CCC(Br)CNS(=O)(=O)c1c(F)cc(F)cc1F. The summed E-state index contributed by atoms with van der Waals surface area (Å²) in [6.07, 6.45) is 0.636. The molecular weight excluding hydrogens is 335 g/mol. The number of rotatable bonds is 5. The fourth-order valence-corrected chi connectivity index (χ4v) is 2.77. The highest BCUT2D eigenvalue weighted by molar-refractivity contribution is 9.09. The van der Waals surface area contributed by atoms with E-state index >= 15 is 0 Å². The number of halogens is 4. The van der Waals surface area contributed by atoms with E-state index in [1.807, 2.05) is 6.92 Å². The van der Waals surface area contributed by atoms with Gasteiger partial charge in [-0.3, -0.25) is 0 Å². The van der Waals surface area contributed by atoms with Crippen LogP contribution in [-0.2, 0) is 10.0 Å².